The Kier molecular flexibility index (Phi) is 2.88. The Hall–Kier alpha value is -0.570. The molecule has 0 saturated carbocycles. The molecule has 1 amide bonds. The Balaban J connectivity index is 2.05. The van der Waals surface area contributed by atoms with E-state index in [-0.39, 0.29) is 0 Å². The van der Waals surface area contributed by atoms with Crippen molar-refractivity contribution in [2.24, 2.45) is 0 Å². The predicted molar refractivity (Wildman–Crippen MR) is 44.3 cm³/mol. The number of nitrogens with zero attached hydrogens (tertiary/aromatic N) is 1. The van der Waals surface area contributed by atoms with E-state index in [0.29, 0.717) is 11.9 Å². The fourth-order valence-corrected chi connectivity index (χ4v) is 1.38. The molecule has 0 aromatic heterocycles. The number of rotatable bonds is 4. The molecule has 3 heteroatoms. The summed E-state index contributed by atoms with van der Waals surface area (Å²) >= 11 is 0. The second-order valence-electron chi connectivity index (χ2n) is 3.11. The third-order valence-corrected chi connectivity index (χ3v) is 2.32. The van der Waals surface area contributed by atoms with Crippen LogP contribution in [0.25, 0.3) is 0 Å². The summed E-state index contributed by atoms with van der Waals surface area (Å²) in [5.41, 5.74) is 0. The summed E-state index contributed by atoms with van der Waals surface area (Å²) in [6, 6.07) is 0.524. The minimum Gasteiger partial charge on any atom is -0.342 e. The zero-order chi connectivity index (χ0) is 8.27. The van der Waals surface area contributed by atoms with E-state index in [1.165, 1.54) is 6.42 Å². The molecule has 1 atom stereocenters. The average molecular weight is 156 g/mol. The maximum absolute atomic E-state index is 10.8. The van der Waals surface area contributed by atoms with Crippen molar-refractivity contribution < 1.29 is 4.79 Å². The normalized spacial score (nSPS) is 23.6. The zero-order valence-electron chi connectivity index (χ0n) is 7.26. The molecule has 1 unspecified atom stereocenters. The summed E-state index contributed by atoms with van der Waals surface area (Å²) in [4.78, 5) is 12.6. The van der Waals surface area contributed by atoms with E-state index in [1.807, 2.05) is 19.0 Å². The first-order valence-electron chi connectivity index (χ1n) is 4.16. The molecule has 1 aliphatic rings. The van der Waals surface area contributed by atoms with Crippen LogP contribution in [0.2, 0.25) is 0 Å². The molecule has 1 fully saturated rings. The highest BCUT2D eigenvalue weighted by Gasteiger charge is 2.31. The van der Waals surface area contributed by atoms with Crippen molar-refractivity contribution in [2.45, 2.75) is 25.3 Å². The van der Waals surface area contributed by atoms with Gasteiger partial charge in [-0.15, -0.1) is 0 Å². The van der Waals surface area contributed by atoms with Gasteiger partial charge in [0.1, 0.15) is 0 Å². The standard InChI is InChI=1S/C8H16N2O/c1-9-5-3-4-7-6-8(11)10(7)2/h7,9H,3-6H2,1-2H3. The Labute approximate surface area is 67.8 Å². The molecule has 1 N–H and O–H groups in total. The van der Waals surface area contributed by atoms with Crippen molar-refractivity contribution in [3.05, 3.63) is 0 Å². The molecule has 1 aliphatic heterocycles. The lowest BCUT2D eigenvalue weighted by atomic mass is 9.98. The van der Waals surface area contributed by atoms with Crippen molar-refractivity contribution in [2.75, 3.05) is 20.6 Å². The fourth-order valence-electron chi connectivity index (χ4n) is 1.38. The molecule has 0 radical (unpaired) electrons. The molecule has 0 aromatic carbocycles. The number of likely N-dealkylation sites (tertiary alicyclic amines) is 1. The van der Waals surface area contributed by atoms with Gasteiger partial charge in [-0.05, 0) is 26.4 Å². The SMILES string of the molecule is CNCCCC1CC(=O)N1C. The predicted octanol–water partition coefficient (Wildman–Crippen LogP) is 0.217. The molecule has 0 aliphatic carbocycles. The van der Waals surface area contributed by atoms with Crippen molar-refractivity contribution in [3.63, 3.8) is 0 Å². The lowest BCUT2D eigenvalue weighted by Gasteiger charge is -2.37. The monoisotopic (exact) mass is 156 g/mol. The topological polar surface area (TPSA) is 32.3 Å². The first kappa shape index (κ1) is 8.53. The Morgan fingerprint density at radius 1 is 1.73 bits per heavy atom. The Morgan fingerprint density at radius 3 is 2.91 bits per heavy atom. The smallest absolute Gasteiger partial charge is 0.224 e. The highest BCUT2D eigenvalue weighted by molar-refractivity contribution is 5.82. The molecule has 1 saturated heterocycles. The lowest BCUT2D eigenvalue weighted by molar-refractivity contribution is -0.143. The largest absolute Gasteiger partial charge is 0.342 e. The number of hydrogen-bond acceptors (Lipinski definition) is 2. The van der Waals surface area contributed by atoms with E-state index in [2.05, 4.69) is 5.32 Å². The molecule has 0 aromatic rings. The van der Waals surface area contributed by atoms with Crippen LogP contribution in [-0.4, -0.2) is 37.5 Å². The molecule has 0 spiro atoms. The molecule has 1 rings (SSSR count). The Morgan fingerprint density at radius 2 is 2.45 bits per heavy atom. The zero-order valence-corrected chi connectivity index (χ0v) is 7.26. The van der Waals surface area contributed by atoms with Gasteiger partial charge >= 0.3 is 0 Å². The first-order chi connectivity index (χ1) is 5.25. The highest BCUT2D eigenvalue weighted by Crippen LogP contribution is 2.20. The number of nitrogens with one attached hydrogen (secondary N) is 1. The van der Waals surface area contributed by atoms with E-state index in [0.717, 1.165) is 19.4 Å². The van der Waals surface area contributed by atoms with Crippen molar-refractivity contribution in [3.8, 4) is 0 Å². The summed E-state index contributed by atoms with van der Waals surface area (Å²) in [5, 5.41) is 3.09. The highest BCUT2D eigenvalue weighted by atomic mass is 16.2. The van der Waals surface area contributed by atoms with Gasteiger partial charge in [0.2, 0.25) is 5.91 Å². The minimum absolute atomic E-state index is 0.291. The van der Waals surface area contributed by atoms with Crippen molar-refractivity contribution >= 4 is 5.91 Å². The number of carbonyl (C=O) groups is 1. The van der Waals surface area contributed by atoms with Gasteiger partial charge < -0.3 is 10.2 Å². The minimum atomic E-state index is 0.291. The molecular weight excluding hydrogens is 140 g/mol. The second-order valence-corrected chi connectivity index (χ2v) is 3.11. The molecule has 1 heterocycles. The van der Waals surface area contributed by atoms with Gasteiger partial charge in [-0.25, -0.2) is 0 Å². The van der Waals surface area contributed by atoms with E-state index in [9.17, 15) is 4.79 Å². The number of amides is 1. The first-order valence-corrected chi connectivity index (χ1v) is 4.16. The van der Waals surface area contributed by atoms with Gasteiger partial charge in [-0.3, -0.25) is 4.79 Å². The second kappa shape index (κ2) is 3.72. The summed E-state index contributed by atoms with van der Waals surface area (Å²) in [7, 11) is 3.84. The number of hydrogen-bond donors (Lipinski definition) is 1. The van der Waals surface area contributed by atoms with E-state index >= 15 is 0 Å². The third kappa shape index (κ3) is 1.93. The molecule has 64 valence electrons. The van der Waals surface area contributed by atoms with E-state index < -0.39 is 0 Å². The van der Waals surface area contributed by atoms with E-state index in [4.69, 9.17) is 0 Å². The summed E-state index contributed by atoms with van der Waals surface area (Å²) in [6.45, 7) is 1.05. The Bertz CT molecular complexity index is 147. The van der Waals surface area contributed by atoms with Gasteiger partial charge in [0.25, 0.3) is 0 Å². The van der Waals surface area contributed by atoms with Crippen LogP contribution in [0.5, 0.6) is 0 Å². The van der Waals surface area contributed by atoms with Crippen LogP contribution in [0.1, 0.15) is 19.3 Å². The maximum atomic E-state index is 10.8. The van der Waals surface area contributed by atoms with Gasteiger partial charge in [-0.2, -0.15) is 0 Å². The van der Waals surface area contributed by atoms with Crippen LogP contribution in [0.3, 0.4) is 0 Å². The van der Waals surface area contributed by atoms with Gasteiger partial charge in [-0.1, -0.05) is 0 Å². The number of β-lactam (4-membered cyclic amide) rings is 1. The van der Waals surface area contributed by atoms with Crippen LogP contribution >= 0.6 is 0 Å². The number of carbonyl (C=O) groups excluding carboxylic acids is 1. The van der Waals surface area contributed by atoms with Crippen molar-refractivity contribution in [1.29, 1.82) is 0 Å². The molecular formula is C8H16N2O. The van der Waals surface area contributed by atoms with Gasteiger partial charge in [0.15, 0.2) is 0 Å². The summed E-state index contributed by atoms with van der Waals surface area (Å²) < 4.78 is 0. The molecule has 0 bridgehead atoms. The van der Waals surface area contributed by atoms with Crippen LogP contribution < -0.4 is 5.32 Å². The van der Waals surface area contributed by atoms with Crippen LogP contribution in [-0.2, 0) is 4.79 Å². The molecule has 3 nitrogen and oxygen atoms in total. The quantitative estimate of drug-likeness (QED) is 0.466. The van der Waals surface area contributed by atoms with Crippen molar-refractivity contribution in [1.82, 2.24) is 10.2 Å². The molecule has 11 heavy (non-hydrogen) atoms. The summed E-state index contributed by atoms with van der Waals surface area (Å²) in [6.07, 6.45) is 3.07. The van der Waals surface area contributed by atoms with Crippen LogP contribution in [0.4, 0.5) is 0 Å². The third-order valence-electron chi connectivity index (χ3n) is 2.32. The van der Waals surface area contributed by atoms with Gasteiger partial charge in [0.05, 0.1) is 0 Å². The fraction of sp³-hybridized carbons (Fsp3) is 0.875. The van der Waals surface area contributed by atoms with E-state index in [1.54, 1.807) is 0 Å². The van der Waals surface area contributed by atoms with Crippen LogP contribution in [0, 0.1) is 0 Å². The maximum Gasteiger partial charge on any atom is 0.224 e. The lowest BCUT2D eigenvalue weighted by Crippen LogP contribution is -2.49. The van der Waals surface area contributed by atoms with Crippen LogP contribution in [0.15, 0.2) is 0 Å². The van der Waals surface area contributed by atoms with Gasteiger partial charge in [0, 0.05) is 19.5 Å². The average Bonchev–Trinajstić information content (AvgIpc) is 2.03. The summed E-state index contributed by atoms with van der Waals surface area (Å²) in [5.74, 6) is 0.291.